The molecule has 0 aromatic carbocycles. The van der Waals surface area contributed by atoms with Gasteiger partial charge in [0.2, 0.25) is 0 Å². The van der Waals surface area contributed by atoms with Crippen LogP contribution < -0.4 is 5.32 Å². The number of carboxylic acid groups (broad SMARTS) is 1. The first-order chi connectivity index (χ1) is 7.48. The summed E-state index contributed by atoms with van der Waals surface area (Å²) in [5.74, 6) is -0.121. The Kier molecular flexibility index (Phi) is 4.74. The first kappa shape index (κ1) is 13.5. The topological polar surface area (TPSA) is 52.6 Å². The molecule has 1 heterocycles. The fraction of sp³-hybridized carbons (Fsp3) is 0.917. The van der Waals surface area contributed by atoms with Gasteiger partial charge in [0.05, 0.1) is 0 Å². The van der Waals surface area contributed by atoms with Gasteiger partial charge in [-0.25, -0.2) is 0 Å². The summed E-state index contributed by atoms with van der Waals surface area (Å²) in [6.07, 6.45) is 2.96. The van der Waals surface area contributed by atoms with Gasteiger partial charge in [-0.1, -0.05) is 6.92 Å². The number of nitrogens with zero attached hydrogens (tertiary/aromatic N) is 1. The zero-order valence-corrected chi connectivity index (χ0v) is 10.6. The molecule has 0 spiro atoms. The van der Waals surface area contributed by atoms with Crippen molar-refractivity contribution in [3.05, 3.63) is 0 Å². The highest BCUT2D eigenvalue weighted by atomic mass is 16.4. The van der Waals surface area contributed by atoms with Crippen molar-refractivity contribution >= 4 is 5.97 Å². The van der Waals surface area contributed by atoms with Crippen LogP contribution in [-0.4, -0.2) is 48.2 Å². The molecule has 1 atom stereocenters. The molecular weight excluding hydrogens is 204 g/mol. The highest BCUT2D eigenvalue weighted by Crippen LogP contribution is 2.17. The molecule has 0 saturated carbocycles. The van der Waals surface area contributed by atoms with Crippen molar-refractivity contribution in [3.63, 3.8) is 0 Å². The Morgan fingerprint density at radius 2 is 2.06 bits per heavy atom. The summed E-state index contributed by atoms with van der Waals surface area (Å²) < 4.78 is 0. The predicted octanol–water partition coefficient (Wildman–Crippen LogP) is 1.17. The standard InChI is InChI=1S/C12H24N2O2/c1-4-12(2,11(15)16)13-9-10-5-7-14(3)8-6-10/h10,13H,4-9H2,1-3H3,(H,15,16). The molecule has 0 radical (unpaired) electrons. The molecule has 2 N–H and O–H groups in total. The van der Waals surface area contributed by atoms with Crippen molar-refractivity contribution in [3.8, 4) is 0 Å². The van der Waals surface area contributed by atoms with E-state index in [1.165, 1.54) is 12.8 Å². The van der Waals surface area contributed by atoms with E-state index in [0.29, 0.717) is 12.3 Å². The molecule has 4 heteroatoms. The van der Waals surface area contributed by atoms with Crippen molar-refractivity contribution in [2.75, 3.05) is 26.7 Å². The maximum Gasteiger partial charge on any atom is 0.323 e. The van der Waals surface area contributed by atoms with Crippen molar-refractivity contribution < 1.29 is 9.90 Å². The highest BCUT2D eigenvalue weighted by molar-refractivity contribution is 5.78. The predicted molar refractivity (Wildman–Crippen MR) is 64.6 cm³/mol. The summed E-state index contributed by atoms with van der Waals surface area (Å²) in [5, 5.41) is 12.3. The van der Waals surface area contributed by atoms with E-state index in [0.717, 1.165) is 19.6 Å². The smallest absolute Gasteiger partial charge is 0.323 e. The number of carboxylic acids is 1. The SMILES string of the molecule is CCC(C)(NCC1CCN(C)CC1)C(=O)O. The number of piperidine rings is 1. The van der Waals surface area contributed by atoms with E-state index >= 15 is 0 Å². The Morgan fingerprint density at radius 3 is 2.50 bits per heavy atom. The van der Waals surface area contributed by atoms with Gasteiger partial charge in [-0.15, -0.1) is 0 Å². The minimum Gasteiger partial charge on any atom is -0.480 e. The number of nitrogens with one attached hydrogen (secondary N) is 1. The molecule has 0 aromatic rings. The van der Waals surface area contributed by atoms with Crippen molar-refractivity contribution in [1.82, 2.24) is 10.2 Å². The van der Waals surface area contributed by atoms with Gasteiger partial charge in [-0.05, 0) is 58.8 Å². The van der Waals surface area contributed by atoms with Crippen LogP contribution in [0.5, 0.6) is 0 Å². The van der Waals surface area contributed by atoms with Crippen LogP contribution in [-0.2, 0) is 4.79 Å². The fourth-order valence-corrected chi connectivity index (χ4v) is 1.99. The van der Waals surface area contributed by atoms with E-state index in [1.54, 1.807) is 6.92 Å². The van der Waals surface area contributed by atoms with E-state index in [1.807, 2.05) is 6.92 Å². The average Bonchev–Trinajstić information content (AvgIpc) is 2.27. The van der Waals surface area contributed by atoms with Crippen LogP contribution in [0.15, 0.2) is 0 Å². The van der Waals surface area contributed by atoms with Crippen LogP contribution >= 0.6 is 0 Å². The zero-order chi connectivity index (χ0) is 12.2. The molecule has 1 rings (SSSR count). The summed E-state index contributed by atoms with van der Waals surface area (Å²) >= 11 is 0. The van der Waals surface area contributed by atoms with E-state index in [9.17, 15) is 4.79 Å². The Morgan fingerprint density at radius 1 is 1.50 bits per heavy atom. The number of hydrogen-bond donors (Lipinski definition) is 2. The Balaban J connectivity index is 2.36. The van der Waals surface area contributed by atoms with Gasteiger partial charge in [0.25, 0.3) is 0 Å². The van der Waals surface area contributed by atoms with Crippen LogP contribution in [0.3, 0.4) is 0 Å². The number of rotatable bonds is 5. The molecule has 0 aromatic heterocycles. The fourth-order valence-electron chi connectivity index (χ4n) is 1.99. The third-order valence-corrected chi connectivity index (χ3v) is 3.80. The third kappa shape index (κ3) is 3.46. The molecule has 1 aliphatic heterocycles. The first-order valence-electron chi connectivity index (χ1n) is 6.15. The van der Waals surface area contributed by atoms with Gasteiger partial charge >= 0.3 is 5.97 Å². The maximum atomic E-state index is 11.1. The van der Waals surface area contributed by atoms with Crippen molar-refractivity contribution in [2.45, 2.75) is 38.6 Å². The molecule has 4 nitrogen and oxygen atoms in total. The lowest BCUT2D eigenvalue weighted by molar-refractivity contribution is -0.144. The van der Waals surface area contributed by atoms with Crippen LogP contribution in [0.25, 0.3) is 0 Å². The van der Waals surface area contributed by atoms with Crippen molar-refractivity contribution in [1.29, 1.82) is 0 Å². The Labute approximate surface area is 98.0 Å². The molecular formula is C12H24N2O2. The van der Waals surface area contributed by atoms with E-state index in [4.69, 9.17) is 5.11 Å². The van der Waals surface area contributed by atoms with Crippen LogP contribution in [0.4, 0.5) is 0 Å². The molecule has 0 aliphatic carbocycles. The zero-order valence-electron chi connectivity index (χ0n) is 10.6. The monoisotopic (exact) mass is 228 g/mol. The third-order valence-electron chi connectivity index (χ3n) is 3.80. The number of hydrogen-bond acceptors (Lipinski definition) is 3. The Hall–Kier alpha value is -0.610. The first-order valence-corrected chi connectivity index (χ1v) is 6.15. The summed E-state index contributed by atoms with van der Waals surface area (Å²) in [4.78, 5) is 13.4. The minimum atomic E-state index is -0.761. The molecule has 16 heavy (non-hydrogen) atoms. The van der Waals surface area contributed by atoms with E-state index in [-0.39, 0.29) is 0 Å². The summed E-state index contributed by atoms with van der Waals surface area (Å²) in [6.45, 7) is 6.76. The summed E-state index contributed by atoms with van der Waals surface area (Å²) in [6, 6.07) is 0. The molecule has 0 bridgehead atoms. The van der Waals surface area contributed by atoms with E-state index in [2.05, 4.69) is 17.3 Å². The molecule has 1 saturated heterocycles. The van der Waals surface area contributed by atoms with Crippen LogP contribution in [0.1, 0.15) is 33.1 Å². The van der Waals surface area contributed by atoms with Gasteiger partial charge in [-0.2, -0.15) is 0 Å². The number of carbonyl (C=O) groups is 1. The van der Waals surface area contributed by atoms with Gasteiger partial charge in [0, 0.05) is 0 Å². The largest absolute Gasteiger partial charge is 0.480 e. The average molecular weight is 228 g/mol. The normalized spacial score (nSPS) is 22.9. The molecule has 94 valence electrons. The molecule has 0 amide bonds. The quantitative estimate of drug-likeness (QED) is 0.741. The highest BCUT2D eigenvalue weighted by Gasteiger charge is 2.31. The maximum absolute atomic E-state index is 11.1. The van der Waals surface area contributed by atoms with Gasteiger partial charge in [0.1, 0.15) is 5.54 Å². The lowest BCUT2D eigenvalue weighted by atomic mass is 9.93. The number of likely N-dealkylation sites (tertiary alicyclic amines) is 1. The van der Waals surface area contributed by atoms with Gasteiger partial charge in [-0.3, -0.25) is 4.79 Å². The van der Waals surface area contributed by atoms with Crippen LogP contribution in [0.2, 0.25) is 0 Å². The molecule has 1 aliphatic rings. The molecule has 1 unspecified atom stereocenters. The van der Waals surface area contributed by atoms with Gasteiger partial charge < -0.3 is 15.3 Å². The van der Waals surface area contributed by atoms with Crippen molar-refractivity contribution in [2.24, 2.45) is 5.92 Å². The van der Waals surface area contributed by atoms with E-state index < -0.39 is 11.5 Å². The second-order valence-electron chi connectivity index (χ2n) is 5.12. The summed E-state index contributed by atoms with van der Waals surface area (Å²) in [5.41, 5.74) is -0.761. The Bertz CT molecular complexity index is 237. The second-order valence-corrected chi connectivity index (χ2v) is 5.12. The van der Waals surface area contributed by atoms with Gasteiger partial charge in [0.15, 0.2) is 0 Å². The summed E-state index contributed by atoms with van der Waals surface area (Å²) in [7, 11) is 2.14. The number of aliphatic carboxylic acids is 1. The second kappa shape index (κ2) is 5.64. The minimum absolute atomic E-state index is 0.620. The lowest BCUT2D eigenvalue weighted by Gasteiger charge is -2.32. The lowest BCUT2D eigenvalue weighted by Crippen LogP contribution is -2.51. The molecule has 1 fully saturated rings. The van der Waals surface area contributed by atoms with Crippen LogP contribution in [0, 0.1) is 5.92 Å².